The van der Waals surface area contributed by atoms with Gasteiger partial charge in [-0.25, -0.2) is 4.98 Å². The Labute approximate surface area is 146 Å². The second-order valence-electron chi connectivity index (χ2n) is 5.87. The molecule has 0 aliphatic carbocycles. The molecule has 0 unspecified atom stereocenters. The monoisotopic (exact) mass is 340 g/mol. The summed E-state index contributed by atoms with van der Waals surface area (Å²) in [6.45, 7) is 3.54. The minimum atomic E-state index is -0.222. The van der Waals surface area contributed by atoms with Crippen LogP contribution in [0.4, 0.5) is 0 Å². The van der Waals surface area contributed by atoms with E-state index in [0.29, 0.717) is 11.1 Å². The van der Waals surface area contributed by atoms with Gasteiger partial charge in [-0.2, -0.15) is 0 Å². The summed E-state index contributed by atoms with van der Waals surface area (Å²) in [6, 6.07) is 12.9. The van der Waals surface area contributed by atoms with Gasteiger partial charge in [-0.1, -0.05) is 42.1 Å². The average Bonchev–Trinajstić information content (AvgIpc) is 3.16. The smallest absolute Gasteiger partial charge is 0.255 e. The van der Waals surface area contributed by atoms with Crippen LogP contribution in [0.1, 0.15) is 40.5 Å². The summed E-state index contributed by atoms with van der Waals surface area (Å²) >= 11 is 1.41. The number of thioether (sulfide) groups is 1. The molecule has 1 fully saturated rings. The van der Waals surface area contributed by atoms with E-state index >= 15 is 0 Å². The molecule has 0 radical (unpaired) electrons. The van der Waals surface area contributed by atoms with Crippen LogP contribution in [-0.4, -0.2) is 39.9 Å². The van der Waals surface area contributed by atoms with Gasteiger partial charge in [0.2, 0.25) is 0 Å². The maximum Gasteiger partial charge on any atom is 0.255 e. The van der Waals surface area contributed by atoms with Crippen molar-refractivity contribution in [3.05, 3.63) is 59.8 Å². The summed E-state index contributed by atoms with van der Waals surface area (Å²) in [5, 5.41) is 0.532. The first kappa shape index (κ1) is 16.7. The van der Waals surface area contributed by atoms with Crippen LogP contribution in [0.5, 0.6) is 0 Å². The summed E-state index contributed by atoms with van der Waals surface area (Å²) < 4.78 is 0. The highest BCUT2D eigenvalue weighted by Gasteiger charge is 2.20. The minimum Gasteiger partial charge on any atom is -0.339 e. The highest BCUT2D eigenvalue weighted by Crippen LogP contribution is 2.24. The maximum atomic E-state index is 12.4. The van der Waals surface area contributed by atoms with E-state index in [9.17, 15) is 9.59 Å². The van der Waals surface area contributed by atoms with Crippen LogP contribution < -0.4 is 0 Å². The standard InChI is InChI=1S/C19H20N2O2S/c1-14(18(22)15-7-3-2-4-8-15)24-17-10-9-16(13-20-17)19(23)21-11-5-6-12-21/h2-4,7-10,13-14H,5-6,11-12H2,1H3/t14-/m1/s1. The Hall–Kier alpha value is -2.14. The van der Waals surface area contributed by atoms with E-state index in [4.69, 9.17) is 0 Å². The molecule has 2 aromatic rings. The normalized spacial score (nSPS) is 15.3. The first-order chi connectivity index (χ1) is 11.6. The van der Waals surface area contributed by atoms with Gasteiger partial charge in [-0.05, 0) is 31.9 Å². The Morgan fingerprint density at radius 1 is 1.04 bits per heavy atom. The molecule has 1 aliphatic heterocycles. The van der Waals surface area contributed by atoms with E-state index in [1.165, 1.54) is 11.8 Å². The fraction of sp³-hybridized carbons (Fsp3) is 0.316. The third-order valence-electron chi connectivity index (χ3n) is 4.10. The molecule has 124 valence electrons. The van der Waals surface area contributed by atoms with E-state index in [1.54, 1.807) is 12.3 Å². The Morgan fingerprint density at radius 3 is 2.38 bits per heavy atom. The summed E-state index contributed by atoms with van der Waals surface area (Å²) in [7, 11) is 0. The molecule has 0 bridgehead atoms. The molecular weight excluding hydrogens is 320 g/mol. The molecule has 1 aromatic carbocycles. The Morgan fingerprint density at radius 2 is 1.75 bits per heavy atom. The average molecular weight is 340 g/mol. The lowest BCUT2D eigenvalue weighted by Gasteiger charge is -2.15. The first-order valence-electron chi connectivity index (χ1n) is 8.16. The molecule has 3 rings (SSSR count). The lowest BCUT2D eigenvalue weighted by molar-refractivity contribution is 0.0792. The van der Waals surface area contributed by atoms with Gasteiger partial charge in [-0.3, -0.25) is 9.59 Å². The molecule has 2 heterocycles. The van der Waals surface area contributed by atoms with Gasteiger partial charge in [-0.15, -0.1) is 0 Å². The van der Waals surface area contributed by atoms with Crippen molar-refractivity contribution in [3.8, 4) is 0 Å². The lowest BCUT2D eigenvalue weighted by Crippen LogP contribution is -2.27. The molecule has 0 saturated carbocycles. The van der Waals surface area contributed by atoms with Crippen LogP contribution >= 0.6 is 11.8 Å². The highest BCUT2D eigenvalue weighted by atomic mass is 32.2. The largest absolute Gasteiger partial charge is 0.339 e. The maximum absolute atomic E-state index is 12.4. The van der Waals surface area contributed by atoms with Gasteiger partial charge in [0, 0.05) is 24.8 Å². The zero-order valence-corrected chi connectivity index (χ0v) is 14.5. The number of rotatable bonds is 5. The number of pyridine rings is 1. The zero-order chi connectivity index (χ0) is 16.9. The SMILES string of the molecule is C[C@@H](Sc1ccc(C(=O)N2CCCC2)cn1)C(=O)c1ccccc1. The fourth-order valence-electron chi connectivity index (χ4n) is 2.75. The Balaban J connectivity index is 1.63. The molecule has 0 N–H and O–H groups in total. The Bertz CT molecular complexity index is 710. The molecule has 4 nitrogen and oxygen atoms in total. The van der Waals surface area contributed by atoms with E-state index in [2.05, 4.69) is 4.98 Å². The molecule has 1 aliphatic rings. The van der Waals surface area contributed by atoms with Crippen molar-refractivity contribution in [2.24, 2.45) is 0 Å². The molecule has 24 heavy (non-hydrogen) atoms. The highest BCUT2D eigenvalue weighted by molar-refractivity contribution is 8.00. The summed E-state index contributed by atoms with van der Waals surface area (Å²) in [6.07, 6.45) is 3.77. The zero-order valence-electron chi connectivity index (χ0n) is 13.6. The number of hydrogen-bond acceptors (Lipinski definition) is 4. The minimum absolute atomic E-state index is 0.0463. The van der Waals surface area contributed by atoms with Crippen molar-refractivity contribution < 1.29 is 9.59 Å². The van der Waals surface area contributed by atoms with Gasteiger partial charge in [0.05, 0.1) is 15.8 Å². The summed E-state index contributed by atoms with van der Waals surface area (Å²) in [5.41, 5.74) is 1.32. The Kier molecular flexibility index (Phi) is 5.30. The van der Waals surface area contributed by atoms with Gasteiger partial charge < -0.3 is 4.90 Å². The third kappa shape index (κ3) is 3.85. The molecule has 1 amide bonds. The fourth-order valence-corrected chi connectivity index (χ4v) is 3.62. The first-order valence-corrected chi connectivity index (χ1v) is 9.04. The quantitative estimate of drug-likeness (QED) is 0.615. The van der Waals surface area contributed by atoms with Crippen molar-refractivity contribution in [3.63, 3.8) is 0 Å². The lowest BCUT2D eigenvalue weighted by atomic mass is 10.1. The number of ketones is 1. The topological polar surface area (TPSA) is 50.3 Å². The van der Waals surface area contributed by atoms with Gasteiger partial charge in [0.1, 0.15) is 0 Å². The van der Waals surface area contributed by atoms with Gasteiger partial charge >= 0.3 is 0 Å². The number of amides is 1. The second kappa shape index (κ2) is 7.62. The molecule has 1 saturated heterocycles. The van der Waals surface area contributed by atoms with Crippen molar-refractivity contribution in [1.82, 2.24) is 9.88 Å². The van der Waals surface area contributed by atoms with Crippen molar-refractivity contribution in [2.45, 2.75) is 30.0 Å². The predicted molar refractivity (Wildman–Crippen MR) is 95.5 cm³/mol. The van der Waals surface area contributed by atoms with E-state index < -0.39 is 0 Å². The van der Waals surface area contributed by atoms with Crippen LogP contribution in [0.25, 0.3) is 0 Å². The number of Topliss-reactive ketones (excluding diaryl/α,β-unsaturated/α-hetero) is 1. The van der Waals surface area contributed by atoms with Crippen molar-refractivity contribution >= 4 is 23.5 Å². The van der Waals surface area contributed by atoms with Crippen LogP contribution in [0.15, 0.2) is 53.7 Å². The second-order valence-corrected chi connectivity index (χ2v) is 7.24. The van der Waals surface area contributed by atoms with Crippen LogP contribution in [0.2, 0.25) is 0 Å². The summed E-state index contributed by atoms with van der Waals surface area (Å²) in [4.78, 5) is 30.9. The van der Waals surface area contributed by atoms with E-state index in [0.717, 1.165) is 31.0 Å². The number of aromatic nitrogens is 1. The summed E-state index contributed by atoms with van der Waals surface area (Å²) in [5.74, 6) is 0.129. The number of carbonyl (C=O) groups is 2. The van der Waals surface area contributed by atoms with Gasteiger partial charge in [0.15, 0.2) is 5.78 Å². The number of likely N-dealkylation sites (tertiary alicyclic amines) is 1. The number of carbonyl (C=O) groups excluding carboxylic acids is 2. The molecule has 0 spiro atoms. The predicted octanol–water partition coefficient (Wildman–Crippen LogP) is 3.68. The van der Waals surface area contributed by atoms with Crippen LogP contribution in [0.3, 0.4) is 0 Å². The molecular formula is C19H20N2O2S. The molecule has 1 atom stereocenters. The van der Waals surface area contributed by atoms with Crippen molar-refractivity contribution in [2.75, 3.05) is 13.1 Å². The third-order valence-corrected chi connectivity index (χ3v) is 5.15. The van der Waals surface area contributed by atoms with E-state index in [1.807, 2.05) is 48.2 Å². The number of hydrogen-bond donors (Lipinski definition) is 0. The molecule has 1 aromatic heterocycles. The number of benzene rings is 1. The van der Waals surface area contributed by atoms with Gasteiger partial charge in [0.25, 0.3) is 5.91 Å². The van der Waals surface area contributed by atoms with Crippen molar-refractivity contribution in [1.29, 1.82) is 0 Å². The molecule has 5 heteroatoms. The van der Waals surface area contributed by atoms with Crippen LogP contribution in [0, 0.1) is 0 Å². The van der Waals surface area contributed by atoms with E-state index in [-0.39, 0.29) is 16.9 Å². The number of nitrogens with zero attached hydrogens (tertiary/aromatic N) is 2. The van der Waals surface area contributed by atoms with Crippen LogP contribution in [-0.2, 0) is 0 Å².